The Morgan fingerprint density at radius 1 is 1.07 bits per heavy atom. The highest BCUT2D eigenvalue weighted by atomic mass is 35.5. The molecule has 0 saturated carbocycles. The third-order valence-corrected chi connectivity index (χ3v) is 4.57. The van der Waals surface area contributed by atoms with Gasteiger partial charge in [-0.25, -0.2) is 4.79 Å². The fourth-order valence-electron chi connectivity index (χ4n) is 2.38. The maximum absolute atomic E-state index is 12.4. The first-order chi connectivity index (χ1) is 12.9. The molecule has 0 atom stereocenters. The Kier molecular flexibility index (Phi) is 7.89. The lowest BCUT2D eigenvalue weighted by molar-refractivity contribution is -0.149. The Balaban J connectivity index is 1.90. The van der Waals surface area contributed by atoms with Crippen LogP contribution < -0.4 is 0 Å². The monoisotopic (exact) mass is 405 g/mol. The number of carbonyl (C=O) groups is 2. The minimum Gasteiger partial charge on any atom is -0.452 e. The predicted octanol–water partition coefficient (Wildman–Crippen LogP) is 4.99. The zero-order valence-electron chi connectivity index (χ0n) is 15.2. The molecule has 1 amide bonds. The van der Waals surface area contributed by atoms with E-state index in [1.165, 1.54) is 6.08 Å². The molecule has 6 heteroatoms. The molecule has 0 spiro atoms. The summed E-state index contributed by atoms with van der Waals surface area (Å²) >= 11 is 11.8. The lowest BCUT2D eigenvalue weighted by Gasteiger charge is -2.26. The van der Waals surface area contributed by atoms with Gasteiger partial charge in [-0.3, -0.25) is 4.79 Å². The molecule has 0 saturated heterocycles. The van der Waals surface area contributed by atoms with E-state index in [4.69, 9.17) is 27.9 Å². The van der Waals surface area contributed by atoms with Crippen LogP contribution in [-0.4, -0.2) is 29.4 Å². The molecule has 0 aliphatic carbocycles. The molecule has 0 bridgehead atoms. The van der Waals surface area contributed by atoms with Crippen molar-refractivity contribution in [2.45, 2.75) is 26.4 Å². The predicted molar refractivity (Wildman–Crippen MR) is 109 cm³/mol. The van der Waals surface area contributed by atoms with Gasteiger partial charge in [0.2, 0.25) is 0 Å². The van der Waals surface area contributed by atoms with E-state index in [9.17, 15) is 9.59 Å². The van der Waals surface area contributed by atoms with Crippen LogP contribution in [0.5, 0.6) is 0 Å². The molecule has 0 fully saturated rings. The Morgan fingerprint density at radius 2 is 1.78 bits per heavy atom. The van der Waals surface area contributed by atoms with Crippen molar-refractivity contribution in [3.63, 3.8) is 0 Å². The molecule has 27 heavy (non-hydrogen) atoms. The smallest absolute Gasteiger partial charge is 0.331 e. The molecule has 0 radical (unpaired) electrons. The molecule has 2 aromatic rings. The summed E-state index contributed by atoms with van der Waals surface area (Å²) in [7, 11) is 0. The Bertz CT molecular complexity index is 819. The number of carbonyl (C=O) groups excluding carboxylic acids is 2. The zero-order valence-corrected chi connectivity index (χ0v) is 16.7. The van der Waals surface area contributed by atoms with Crippen LogP contribution >= 0.6 is 23.2 Å². The summed E-state index contributed by atoms with van der Waals surface area (Å²) in [5, 5.41) is 0.838. The number of rotatable bonds is 7. The van der Waals surface area contributed by atoms with Crippen molar-refractivity contribution in [3.05, 3.63) is 75.8 Å². The van der Waals surface area contributed by atoms with Gasteiger partial charge in [0.15, 0.2) is 6.61 Å². The number of ether oxygens (including phenoxy) is 1. The molecule has 0 aromatic heterocycles. The largest absolute Gasteiger partial charge is 0.452 e. The molecule has 0 unspecified atom stereocenters. The number of halogens is 2. The van der Waals surface area contributed by atoms with Gasteiger partial charge in [0.1, 0.15) is 0 Å². The average Bonchev–Trinajstić information content (AvgIpc) is 2.65. The number of esters is 1. The number of nitrogens with zero attached hydrogens (tertiary/aromatic N) is 1. The molecular formula is C21H21Cl2NO3. The second-order valence-corrected chi connectivity index (χ2v) is 7.03. The van der Waals surface area contributed by atoms with Crippen LogP contribution in [0.1, 0.15) is 25.0 Å². The van der Waals surface area contributed by atoms with Crippen molar-refractivity contribution in [1.29, 1.82) is 0 Å². The van der Waals surface area contributed by atoms with Gasteiger partial charge >= 0.3 is 5.97 Å². The van der Waals surface area contributed by atoms with E-state index in [-0.39, 0.29) is 18.6 Å². The van der Waals surface area contributed by atoms with Gasteiger partial charge in [0.05, 0.1) is 10.0 Å². The summed E-state index contributed by atoms with van der Waals surface area (Å²) < 4.78 is 5.07. The molecule has 142 valence electrons. The van der Waals surface area contributed by atoms with Gasteiger partial charge in [-0.15, -0.1) is 0 Å². The quantitative estimate of drug-likeness (QED) is 0.481. The Labute approximate surface area is 169 Å². The Morgan fingerprint density at radius 3 is 2.41 bits per heavy atom. The van der Waals surface area contributed by atoms with E-state index in [0.29, 0.717) is 22.2 Å². The first-order valence-electron chi connectivity index (χ1n) is 8.50. The van der Waals surface area contributed by atoms with Crippen molar-refractivity contribution in [3.8, 4) is 0 Å². The highest BCUT2D eigenvalue weighted by molar-refractivity contribution is 6.42. The van der Waals surface area contributed by atoms with Crippen molar-refractivity contribution in [2.75, 3.05) is 6.61 Å². The van der Waals surface area contributed by atoms with Crippen LogP contribution in [0.15, 0.2) is 54.6 Å². The highest BCUT2D eigenvalue weighted by Gasteiger charge is 2.18. The number of amides is 1. The standard InChI is InChI=1S/C21H21Cl2NO3/c1-15(2)24(13-17-6-4-3-5-7-17)20(25)14-27-21(26)11-9-16-8-10-18(22)19(23)12-16/h3-12,15H,13-14H2,1-2H3/b11-9+. The summed E-state index contributed by atoms with van der Waals surface area (Å²) in [4.78, 5) is 26.0. The third kappa shape index (κ3) is 6.74. The topological polar surface area (TPSA) is 46.6 Å². The lowest BCUT2D eigenvalue weighted by Crippen LogP contribution is -2.39. The summed E-state index contributed by atoms with van der Waals surface area (Å²) in [6.45, 7) is 4.00. The van der Waals surface area contributed by atoms with Crippen LogP contribution in [0.2, 0.25) is 10.0 Å². The zero-order chi connectivity index (χ0) is 19.8. The van der Waals surface area contributed by atoms with Crippen LogP contribution in [0.4, 0.5) is 0 Å². The summed E-state index contributed by atoms with van der Waals surface area (Å²) in [6, 6.07) is 14.7. The van der Waals surface area contributed by atoms with Gasteiger partial charge in [-0.05, 0) is 43.2 Å². The number of benzene rings is 2. The van der Waals surface area contributed by atoms with Crippen molar-refractivity contribution in [1.82, 2.24) is 4.90 Å². The van der Waals surface area contributed by atoms with E-state index in [2.05, 4.69) is 0 Å². The van der Waals surface area contributed by atoms with Crippen LogP contribution in [0.3, 0.4) is 0 Å². The minimum absolute atomic E-state index is 0.0110. The molecule has 0 aliphatic rings. The van der Waals surface area contributed by atoms with Gasteiger partial charge in [0, 0.05) is 18.7 Å². The summed E-state index contributed by atoms with van der Waals surface area (Å²) in [5.74, 6) is -0.844. The average molecular weight is 406 g/mol. The van der Waals surface area contributed by atoms with Crippen LogP contribution in [0.25, 0.3) is 6.08 Å². The first kappa shape index (κ1) is 21.0. The van der Waals surface area contributed by atoms with Crippen molar-refractivity contribution < 1.29 is 14.3 Å². The first-order valence-corrected chi connectivity index (χ1v) is 9.25. The number of hydrogen-bond donors (Lipinski definition) is 0. The second kappa shape index (κ2) is 10.1. The van der Waals surface area contributed by atoms with E-state index in [0.717, 1.165) is 5.56 Å². The summed E-state index contributed by atoms with van der Waals surface area (Å²) in [5.41, 5.74) is 1.73. The fourth-order valence-corrected chi connectivity index (χ4v) is 2.69. The molecule has 0 N–H and O–H groups in total. The summed E-state index contributed by atoms with van der Waals surface area (Å²) in [6.07, 6.45) is 2.81. The molecule has 4 nitrogen and oxygen atoms in total. The van der Waals surface area contributed by atoms with Gasteiger partial charge in [0.25, 0.3) is 5.91 Å². The molecule has 0 aliphatic heterocycles. The fraction of sp³-hybridized carbons (Fsp3) is 0.238. The van der Waals surface area contributed by atoms with Crippen molar-refractivity contribution >= 4 is 41.2 Å². The second-order valence-electron chi connectivity index (χ2n) is 6.22. The van der Waals surface area contributed by atoms with E-state index < -0.39 is 5.97 Å². The maximum atomic E-state index is 12.4. The van der Waals surface area contributed by atoms with E-state index in [1.54, 1.807) is 29.2 Å². The third-order valence-electron chi connectivity index (χ3n) is 3.83. The molecule has 2 rings (SSSR count). The molecular weight excluding hydrogens is 385 g/mol. The van der Waals surface area contributed by atoms with Gasteiger partial charge in [-0.1, -0.05) is 59.6 Å². The molecule has 2 aromatic carbocycles. The van der Waals surface area contributed by atoms with Gasteiger partial charge in [-0.2, -0.15) is 0 Å². The van der Waals surface area contributed by atoms with E-state index in [1.807, 2.05) is 44.2 Å². The van der Waals surface area contributed by atoms with Crippen LogP contribution in [0, 0.1) is 0 Å². The van der Waals surface area contributed by atoms with Crippen LogP contribution in [-0.2, 0) is 20.9 Å². The normalized spacial score (nSPS) is 11.0. The SMILES string of the molecule is CC(C)N(Cc1ccccc1)C(=O)COC(=O)/C=C/c1ccc(Cl)c(Cl)c1. The van der Waals surface area contributed by atoms with Crippen molar-refractivity contribution in [2.24, 2.45) is 0 Å². The lowest BCUT2D eigenvalue weighted by atomic mass is 10.2. The molecule has 0 heterocycles. The van der Waals surface area contributed by atoms with Gasteiger partial charge < -0.3 is 9.64 Å². The highest BCUT2D eigenvalue weighted by Crippen LogP contribution is 2.23. The number of hydrogen-bond acceptors (Lipinski definition) is 3. The minimum atomic E-state index is -0.599. The maximum Gasteiger partial charge on any atom is 0.331 e. The Hall–Kier alpha value is -2.30. The van der Waals surface area contributed by atoms with E-state index >= 15 is 0 Å².